The number of hydrogen-bond acceptors (Lipinski definition) is 4. The van der Waals surface area contributed by atoms with Crippen LogP contribution in [0, 0.1) is 0 Å². The molecule has 1 aromatic carbocycles. The lowest BCUT2D eigenvalue weighted by molar-refractivity contribution is 0.173. The van der Waals surface area contributed by atoms with E-state index in [1.165, 1.54) is 44.1 Å². The van der Waals surface area contributed by atoms with E-state index in [9.17, 15) is 4.57 Å². The zero-order chi connectivity index (χ0) is 19.7. The summed E-state index contributed by atoms with van der Waals surface area (Å²) >= 11 is 6.37. The number of ether oxygens (including phenoxy) is 1. The second-order valence-corrected chi connectivity index (χ2v) is 8.80. The van der Waals surface area contributed by atoms with E-state index in [1.807, 2.05) is 12.1 Å². The largest absolute Gasteiger partial charge is 0.487 e. The predicted octanol–water partition coefficient (Wildman–Crippen LogP) is 4.46. The number of hydrogen-bond donors (Lipinski definition) is 3. The summed E-state index contributed by atoms with van der Waals surface area (Å²) < 4.78 is 21.3. The van der Waals surface area contributed by atoms with E-state index in [4.69, 9.17) is 26.1 Å². The van der Waals surface area contributed by atoms with Crippen molar-refractivity contribution >= 4 is 19.4 Å². The average Bonchev–Trinajstić information content (AvgIpc) is 3.05. The van der Waals surface area contributed by atoms with Gasteiger partial charge >= 0.3 is 7.82 Å². The van der Waals surface area contributed by atoms with Crippen molar-refractivity contribution in [1.29, 1.82) is 0 Å². The summed E-state index contributed by atoms with van der Waals surface area (Å²) in [4.78, 5) is 17.5. The fourth-order valence-corrected chi connectivity index (χ4v) is 3.89. The van der Waals surface area contributed by atoms with Crippen molar-refractivity contribution in [3.63, 3.8) is 0 Å². The highest BCUT2D eigenvalue weighted by Gasteiger charge is 2.28. The topological polar surface area (TPSA) is 88.0 Å². The first-order valence-electron chi connectivity index (χ1n) is 9.76. The maximum absolute atomic E-state index is 10.8. The van der Waals surface area contributed by atoms with Gasteiger partial charge in [0, 0.05) is 19.0 Å². The Labute approximate surface area is 166 Å². The molecule has 0 radical (unpaired) electrons. The third-order valence-corrected chi connectivity index (χ3v) is 5.52. The van der Waals surface area contributed by atoms with Gasteiger partial charge < -0.3 is 19.8 Å². The van der Waals surface area contributed by atoms with Gasteiger partial charge in [-0.25, -0.2) is 4.57 Å². The van der Waals surface area contributed by atoms with Crippen LogP contribution < -0.4 is 10.1 Å². The van der Waals surface area contributed by atoms with E-state index in [0.717, 1.165) is 6.42 Å². The van der Waals surface area contributed by atoms with Gasteiger partial charge in [-0.1, -0.05) is 56.7 Å². The molecule has 0 spiro atoms. The van der Waals surface area contributed by atoms with Crippen LogP contribution in [0.1, 0.15) is 57.4 Å². The van der Waals surface area contributed by atoms with Crippen LogP contribution in [0.5, 0.6) is 5.75 Å². The minimum atomic E-state index is -4.44. The molecule has 2 rings (SSSR count). The van der Waals surface area contributed by atoms with Gasteiger partial charge in [0.05, 0.1) is 11.6 Å². The Bertz CT molecular complexity index is 624. The number of benzene rings is 1. The molecule has 0 amide bonds. The molecule has 27 heavy (non-hydrogen) atoms. The highest BCUT2D eigenvalue weighted by Crippen LogP contribution is 2.36. The van der Waals surface area contributed by atoms with Gasteiger partial charge in [0.2, 0.25) is 0 Å². The molecule has 8 heteroatoms. The van der Waals surface area contributed by atoms with E-state index in [-0.39, 0.29) is 18.8 Å². The monoisotopic (exact) mass is 419 g/mol. The van der Waals surface area contributed by atoms with Crippen LogP contribution in [-0.2, 0) is 15.5 Å². The van der Waals surface area contributed by atoms with Crippen molar-refractivity contribution in [1.82, 2.24) is 5.32 Å². The molecule has 0 aliphatic carbocycles. The van der Waals surface area contributed by atoms with Crippen molar-refractivity contribution in [2.24, 2.45) is 0 Å². The first kappa shape index (κ1) is 22.7. The number of phosphoric acid groups is 1. The van der Waals surface area contributed by atoms with Crippen LogP contribution in [0.4, 0.5) is 0 Å². The highest BCUT2D eigenvalue weighted by atomic mass is 35.5. The van der Waals surface area contributed by atoms with Crippen LogP contribution in [0.15, 0.2) is 18.2 Å². The molecule has 3 N–H and O–H groups in total. The molecule has 1 aromatic rings. The number of nitrogens with one attached hydrogen (secondary N) is 1. The first-order chi connectivity index (χ1) is 12.9. The SMILES string of the molecule is CCCCCCCCc1ccc(OC2CNC(COP(=O)(O)O)C2)c(Cl)c1. The summed E-state index contributed by atoms with van der Waals surface area (Å²) in [6.45, 7) is 2.77. The molecule has 154 valence electrons. The van der Waals surface area contributed by atoms with Gasteiger partial charge in [0.15, 0.2) is 0 Å². The Kier molecular flexibility index (Phi) is 9.57. The smallest absolute Gasteiger partial charge is 0.469 e. The van der Waals surface area contributed by atoms with Crippen molar-refractivity contribution in [3.8, 4) is 5.75 Å². The molecular weight excluding hydrogens is 389 g/mol. The van der Waals surface area contributed by atoms with E-state index in [0.29, 0.717) is 23.7 Å². The van der Waals surface area contributed by atoms with Crippen molar-refractivity contribution in [3.05, 3.63) is 28.8 Å². The van der Waals surface area contributed by atoms with Gasteiger partial charge in [-0.15, -0.1) is 0 Å². The molecule has 2 unspecified atom stereocenters. The van der Waals surface area contributed by atoms with Gasteiger partial charge in [0.25, 0.3) is 0 Å². The number of halogens is 1. The van der Waals surface area contributed by atoms with E-state index < -0.39 is 7.82 Å². The summed E-state index contributed by atoms with van der Waals surface area (Å²) in [6, 6.07) is 5.80. The normalized spacial score (nSPS) is 20.1. The Balaban J connectivity index is 1.73. The fourth-order valence-electron chi connectivity index (χ4n) is 3.27. The molecule has 1 saturated heterocycles. The van der Waals surface area contributed by atoms with Crippen molar-refractivity contribution in [2.45, 2.75) is 70.4 Å². The van der Waals surface area contributed by atoms with Gasteiger partial charge in [0.1, 0.15) is 11.9 Å². The molecular formula is C19H31ClNO5P. The quantitative estimate of drug-likeness (QED) is 0.342. The maximum Gasteiger partial charge on any atom is 0.469 e. The lowest BCUT2D eigenvalue weighted by atomic mass is 10.0. The predicted molar refractivity (Wildman–Crippen MR) is 107 cm³/mol. The van der Waals surface area contributed by atoms with Crippen LogP contribution in [-0.4, -0.2) is 35.1 Å². The minimum Gasteiger partial charge on any atom is -0.487 e. The summed E-state index contributed by atoms with van der Waals surface area (Å²) in [6.07, 6.45) is 9.16. The van der Waals surface area contributed by atoms with E-state index >= 15 is 0 Å². The first-order valence-corrected chi connectivity index (χ1v) is 11.7. The van der Waals surface area contributed by atoms with Crippen molar-refractivity contribution in [2.75, 3.05) is 13.2 Å². The highest BCUT2D eigenvalue weighted by molar-refractivity contribution is 7.46. The molecule has 0 bridgehead atoms. The summed E-state index contributed by atoms with van der Waals surface area (Å²) in [5.41, 5.74) is 1.22. The lowest BCUT2D eigenvalue weighted by Crippen LogP contribution is -2.26. The Morgan fingerprint density at radius 3 is 2.67 bits per heavy atom. The molecule has 0 saturated carbocycles. The van der Waals surface area contributed by atoms with Crippen LogP contribution in [0.2, 0.25) is 5.02 Å². The Hall–Kier alpha value is -0.620. The summed E-state index contributed by atoms with van der Waals surface area (Å²) in [7, 11) is -4.44. The summed E-state index contributed by atoms with van der Waals surface area (Å²) in [5.74, 6) is 0.645. The van der Waals surface area contributed by atoms with Gasteiger partial charge in [-0.2, -0.15) is 0 Å². The minimum absolute atomic E-state index is 0.0466. The Morgan fingerprint density at radius 2 is 1.96 bits per heavy atom. The Morgan fingerprint density at radius 1 is 1.22 bits per heavy atom. The average molecular weight is 420 g/mol. The molecule has 2 atom stereocenters. The van der Waals surface area contributed by atoms with E-state index in [2.05, 4.69) is 22.8 Å². The molecule has 1 aliphatic rings. The number of unbranched alkanes of at least 4 members (excludes halogenated alkanes) is 5. The van der Waals surface area contributed by atoms with Crippen LogP contribution >= 0.6 is 19.4 Å². The van der Waals surface area contributed by atoms with Crippen molar-refractivity contribution < 1.29 is 23.6 Å². The second kappa shape index (κ2) is 11.4. The fraction of sp³-hybridized carbons (Fsp3) is 0.684. The van der Waals surface area contributed by atoms with Gasteiger partial charge in [-0.3, -0.25) is 4.52 Å². The van der Waals surface area contributed by atoms with Crippen LogP contribution in [0.25, 0.3) is 0 Å². The zero-order valence-electron chi connectivity index (χ0n) is 15.9. The number of aryl methyl sites for hydroxylation is 1. The molecule has 1 aliphatic heterocycles. The van der Waals surface area contributed by atoms with Crippen LogP contribution in [0.3, 0.4) is 0 Å². The number of rotatable bonds is 12. The molecule has 1 heterocycles. The molecule has 6 nitrogen and oxygen atoms in total. The zero-order valence-corrected chi connectivity index (χ0v) is 17.6. The number of phosphoric ester groups is 1. The third-order valence-electron chi connectivity index (χ3n) is 4.73. The lowest BCUT2D eigenvalue weighted by Gasteiger charge is -2.15. The molecule has 0 aromatic heterocycles. The second-order valence-electron chi connectivity index (χ2n) is 7.15. The summed E-state index contributed by atoms with van der Waals surface area (Å²) in [5, 5.41) is 3.75. The van der Waals surface area contributed by atoms with Gasteiger partial charge in [-0.05, 0) is 30.5 Å². The molecule has 1 fully saturated rings. The standard InChI is InChI=1S/C19H31ClNO5P/c1-2-3-4-5-6-7-8-15-9-10-19(18(20)11-15)26-17-12-16(21-13-17)14-25-27(22,23)24/h9-11,16-17,21H,2-8,12-14H2,1H3,(H2,22,23,24). The maximum atomic E-state index is 10.8. The van der Waals surface area contributed by atoms with E-state index in [1.54, 1.807) is 0 Å². The third kappa shape index (κ3) is 8.95.